The van der Waals surface area contributed by atoms with Crippen molar-refractivity contribution < 1.29 is 0 Å². The molecule has 0 aromatic heterocycles. The summed E-state index contributed by atoms with van der Waals surface area (Å²) in [6, 6.07) is 2.63. The zero-order chi connectivity index (χ0) is 9.86. The molecular weight excluding hydrogens is 172 g/mol. The molecule has 0 atom stereocenters. The van der Waals surface area contributed by atoms with E-state index in [1.54, 1.807) is 0 Å². The highest BCUT2D eigenvalue weighted by atomic mass is 15.2. The molecule has 2 heteroatoms. The summed E-state index contributed by atoms with van der Waals surface area (Å²) in [5.41, 5.74) is -0.0764. The Bertz CT molecular complexity index is 215. The summed E-state index contributed by atoms with van der Waals surface area (Å²) in [4.78, 5) is 2.46. The first kappa shape index (κ1) is 9.98. The summed E-state index contributed by atoms with van der Waals surface area (Å²) in [6.45, 7) is 2.32. The Morgan fingerprint density at radius 1 is 0.857 bits per heavy atom. The van der Waals surface area contributed by atoms with Gasteiger partial charge in [-0.2, -0.15) is 5.26 Å². The molecule has 14 heavy (non-hydrogen) atoms. The summed E-state index contributed by atoms with van der Waals surface area (Å²) in [6.07, 6.45) is 9.99. The van der Waals surface area contributed by atoms with Gasteiger partial charge in [-0.1, -0.05) is 25.7 Å². The van der Waals surface area contributed by atoms with Gasteiger partial charge in [0.1, 0.15) is 5.54 Å². The minimum Gasteiger partial charge on any atom is -0.286 e. The van der Waals surface area contributed by atoms with Gasteiger partial charge in [-0.25, -0.2) is 0 Å². The van der Waals surface area contributed by atoms with Gasteiger partial charge in [-0.15, -0.1) is 0 Å². The Morgan fingerprint density at radius 2 is 1.43 bits per heavy atom. The number of nitriles is 1. The largest absolute Gasteiger partial charge is 0.286 e. The third-order valence-corrected chi connectivity index (χ3v) is 3.85. The molecule has 0 amide bonds. The Hall–Kier alpha value is -0.550. The van der Waals surface area contributed by atoms with E-state index < -0.39 is 0 Å². The number of nitrogens with zero attached hydrogens (tertiary/aromatic N) is 2. The van der Waals surface area contributed by atoms with Crippen molar-refractivity contribution in [2.24, 2.45) is 0 Å². The second-order valence-corrected chi connectivity index (χ2v) is 4.75. The Morgan fingerprint density at radius 3 is 1.93 bits per heavy atom. The third-order valence-electron chi connectivity index (χ3n) is 3.85. The quantitative estimate of drug-likeness (QED) is 0.597. The standard InChI is InChI=1S/C12H20N2/c13-11-12(14-9-5-6-10-14)7-3-1-2-4-8-12/h1-10H2. The zero-order valence-electron chi connectivity index (χ0n) is 8.97. The summed E-state index contributed by atoms with van der Waals surface area (Å²) >= 11 is 0. The molecule has 0 aromatic rings. The summed E-state index contributed by atoms with van der Waals surface area (Å²) in [5, 5.41) is 9.44. The van der Waals surface area contributed by atoms with Crippen LogP contribution in [0.15, 0.2) is 0 Å². The van der Waals surface area contributed by atoms with Crippen LogP contribution in [0.3, 0.4) is 0 Å². The van der Waals surface area contributed by atoms with Crippen LogP contribution in [-0.4, -0.2) is 23.5 Å². The van der Waals surface area contributed by atoms with Crippen molar-refractivity contribution in [3.63, 3.8) is 0 Å². The van der Waals surface area contributed by atoms with Gasteiger partial charge in [0.25, 0.3) is 0 Å². The number of rotatable bonds is 1. The van der Waals surface area contributed by atoms with E-state index in [0.29, 0.717) is 0 Å². The second kappa shape index (κ2) is 4.31. The molecule has 1 aliphatic carbocycles. The molecule has 0 N–H and O–H groups in total. The fourth-order valence-corrected chi connectivity index (χ4v) is 2.96. The number of hydrogen-bond acceptors (Lipinski definition) is 2. The fourth-order valence-electron chi connectivity index (χ4n) is 2.96. The predicted molar refractivity (Wildman–Crippen MR) is 56.9 cm³/mol. The molecule has 1 saturated carbocycles. The highest BCUT2D eigenvalue weighted by molar-refractivity contribution is 5.09. The third kappa shape index (κ3) is 1.79. The van der Waals surface area contributed by atoms with Gasteiger partial charge in [0.15, 0.2) is 0 Å². The van der Waals surface area contributed by atoms with Gasteiger partial charge in [0.05, 0.1) is 6.07 Å². The lowest BCUT2D eigenvalue weighted by molar-refractivity contribution is 0.153. The molecule has 0 spiro atoms. The summed E-state index contributed by atoms with van der Waals surface area (Å²) < 4.78 is 0. The molecule has 0 bridgehead atoms. The van der Waals surface area contributed by atoms with E-state index in [0.717, 1.165) is 25.9 Å². The van der Waals surface area contributed by atoms with E-state index >= 15 is 0 Å². The van der Waals surface area contributed by atoms with Crippen LogP contribution in [0.2, 0.25) is 0 Å². The molecule has 2 nitrogen and oxygen atoms in total. The van der Waals surface area contributed by atoms with Crippen molar-refractivity contribution in [1.29, 1.82) is 5.26 Å². The van der Waals surface area contributed by atoms with Crippen LogP contribution < -0.4 is 0 Å². The van der Waals surface area contributed by atoms with E-state index in [1.807, 2.05) is 0 Å². The van der Waals surface area contributed by atoms with E-state index in [4.69, 9.17) is 0 Å². The molecular formula is C12H20N2. The minimum absolute atomic E-state index is 0.0764. The van der Waals surface area contributed by atoms with E-state index in [1.165, 1.54) is 38.5 Å². The van der Waals surface area contributed by atoms with Crippen molar-refractivity contribution in [3.8, 4) is 6.07 Å². The molecule has 2 fully saturated rings. The summed E-state index contributed by atoms with van der Waals surface area (Å²) in [5.74, 6) is 0. The maximum atomic E-state index is 9.44. The smallest absolute Gasteiger partial charge is 0.109 e. The fraction of sp³-hybridized carbons (Fsp3) is 0.917. The van der Waals surface area contributed by atoms with Crippen LogP contribution >= 0.6 is 0 Å². The van der Waals surface area contributed by atoms with E-state index in [-0.39, 0.29) is 5.54 Å². The monoisotopic (exact) mass is 192 g/mol. The van der Waals surface area contributed by atoms with Crippen LogP contribution in [-0.2, 0) is 0 Å². The van der Waals surface area contributed by atoms with Crippen LogP contribution in [0.1, 0.15) is 51.4 Å². The van der Waals surface area contributed by atoms with Crippen LogP contribution in [0.5, 0.6) is 0 Å². The van der Waals surface area contributed by atoms with Crippen molar-refractivity contribution >= 4 is 0 Å². The van der Waals surface area contributed by atoms with Crippen molar-refractivity contribution in [3.05, 3.63) is 0 Å². The normalized spacial score (nSPS) is 28.2. The average Bonchev–Trinajstić information content (AvgIpc) is 2.64. The highest BCUT2D eigenvalue weighted by Crippen LogP contribution is 2.34. The van der Waals surface area contributed by atoms with Crippen molar-refractivity contribution in [1.82, 2.24) is 4.90 Å². The molecule has 1 saturated heterocycles. The number of likely N-dealkylation sites (tertiary alicyclic amines) is 1. The maximum Gasteiger partial charge on any atom is 0.109 e. The van der Waals surface area contributed by atoms with Crippen molar-refractivity contribution in [2.45, 2.75) is 56.9 Å². The maximum absolute atomic E-state index is 9.44. The number of hydrogen-bond donors (Lipinski definition) is 0. The molecule has 2 rings (SSSR count). The molecule has 0 aromatic carbocycles. The van der Waals surface area contributed by atoms with Gasteiger partial charge < -0.3 is 0 Å². The lowest BCUT2D eigenvalue weighted by atomic mass is 9.90. The topological polar surface area (TPSA) is 27.0 Å². The minimum atomic E-state index is -0.0764. The Kier molecular flexibility index (Phi) is 3.08. The molecule has 78 valence electrons. The van der Waals surface area contributed by atoms with Gasteiger partial charge >= 0.3 is 0 Å². The lowest BCUT2D eigenvalue weighted by Crippen LogP contribution is -2.45. The highest BCUT2D eigenvalue weighted by Gasteiger charge is 2.38. The first-order chi connectivity index (χ1) is 6.87. The predicted octanol–water partition coefficient (Wildman–Crippen LogP) is 2.70. The van der Waals surface area contributed by atoms with Crippen LogP contribution in [0.25, 0.3) is 0 Å². The second-order valence-electron chi connectivity index (χ2n) is 4.75. The Balaban J connectivity index is 2.10. The average molecular weight is 192 g/mol. The van der Waals surface area contributed by atoms with Crippen LogP contribution in [0, 0.1) is 11.3 Å². The van der Waals surface area contributed by atoms with Crippen molar-refractivity contribution in [2.75, 3.05) is 13.1 Å². The van der Waals surface area contributed by atoms with Gasteiger partial charge in [-0.3, -0.25) is 4.90 Å². The molecule has 2 aliphatic rings. The zero-order valence-corrected chi connectivity index (χ0v) is 8.97. The van der Waals surface area contributed by atoms with Gasteiger partial charge in [0, 0.05) is 0 Å². The van der Waals surface area contributed by atoms with Gasteiger partial charge in [0.2, 0.25) is 0 Å². The molecule has 1 heterocycles. The van der Waals surface area contributed by atoms with E-state index in [2.05, 4.69) is 11.0 Å². The van der Waals surface area contributed by atoms with E-state index in [9.17, 15) is 5.26 Å². The van der Waals surface area contributed by atoms with Crippen LogP contribution in [0.4, 0.5) is 0 Å². The molecule has 1 aliphatic heterocycles. The lowest BCUT2D eigenvalue weighted by Gasteiger charge is -2.35. The molecule has 0 radical (unpaired) electrons. The van der Waals surface area contributed by atoms with Gasteiger partial charge in [-0.05, 0) is 38.8 Å². The summed E-state index contributed by atoms with van der Waals surface area (Å²) in [7, 11) is 0. The molecule has 0 unspecified atom stereocenters. The Labute approximate surface area is 86.9 Å². The first-order valence-electron chi connectivity index (χ1n) is 6.04. The SMILES string of the molecule is N#CC1(N2CCCC2)CCCCCC1. The first-order valence-corrected chi connectivity index (χ1v) is 6.04.